The minimum absolute atomic E-state index is 0.0312. The Morgan fingerprint density at radius 1 is 1.12 bits per heavy atom. The van der Waals surface area contributed by atoms with Crippen LogP contribution in [0.2, 0.25) is 5.15 Å². The zero-order chi connectivity index (χ0) is 23.4. The Morgan fingerprint density at radius 2 is 1.82 bits per heavy atom. The van der Waals surface area contributed by atoms with E-state index < -0.39 is 0 Å². The predicted molar refractivity (Wildman–Crippen MR) is 132 cm³/mol. The number of hydrogen-bond acceptors (Lipinski definition) is 5. The van der Waals surface area contributed by atoms with Crippen molar-refractivity contribution in [2.45, 2.75) is 25.8 Å². The molecular weight excluding hydrogens is 460 g/mol. The Kier molecular flexibility index (Phi) is 7.24. The highest BCUT2D eigenvalue weighted by Gasteiger charge is 2.42. The van der Waals surface area contributed by atoms with Gasteiger partial charge in [0.25, 0.3) is 5.91 Å². The standard InChI is InChI=1S/C24H29ClN4O3S/c1-31-19-6-4-3-5-17(19)15-26-23(33)29-12-9-24(16-29)7-10-28(11-8-24)22(30)18-13-20(25)27-21(14-18)32-2/h3-6,13-14H,7-12,15-16H2,1-2H3,(H,26,33). The number of nitrogens with zero attached hydrogens (tertiary/aromatic N) is 3. The summed E-state index contributed by atoms with van der Waals surface area (Å²) in [5.41, 5.74) is 1.79. The van der Waals surface area contributed by atoms with Crippen molar-refractivity contribution in [1.82, 2.24) is 20.1 Å². The summed E-state index contributed by atoms with van der Waals surface area (Å²) in [6, 6.07) is 11.2. The van der Waals surface area contributed by atoms with Crippen LogP contribution in [0.5, 0.6) is 11.6 Å². The van der Waals surface area contributed by atoms with Gasteiger partial charge in [-0.25, -0.2) is 4.98 Å². The lowest BCUT2D eigenvalue weighted by atomic mass is 9.77. The second-order valence-electron chi connectivity index (χ2n) is 8.66. The van der Waals surface area contributed by atoms with Crippen molar-refractivity contribution in [1.29, 1.82) is 0 Å². The average Bonchev–Trinajstić information content (AvgIpc) is 3.25. The highest BCUT2D eigenvalue weighted by atomic mass is 35.5. The monoisotopic (exact) mass is 488 g/mol. The number of carbonyl (C=O) groups excluding carboxylic acids is 1. The summed E-state index contributed by atoms with van der Waals surface area (Å²) in [6.45, 7) is 3.92. The van der Waals surface area contributed by atoms with Gasteiger partial charge in [-0.3, -0.25) is 4.79 Å². The van der Waals surface area contributed by atoms with Gasteiger partial charge in [0.1, 0.15) is 10.9 Å². The zero-order valence-electron chi connectivity index (χ0n) is 19.0. The molecule has 2 saturated heterocycles. The molecule has 9 heteroatoms. The van der Waals surface area contributed by atoms with E-state index in [-0.39, 0.29) is 16.5 Å². The molecule has 7 nitrogen and oxygen atoms in total. The van der Waals surface area contributed by atoms with Gasteiger partial charge >= 0.3 is 0 Å². The molecule has 2 aliphatic rings. The van der Waals surface area contributed by atoms with Crippen LogP contribution >= 0.6 is 23.8 Å². The van der Waals surface area contributed by atoms with Crippen LogP contribution in [0.25, 0.3) is 0 Å². The predicted octanol–water partition coefficient (Wildman–Crippen LogP) is 3.76. The Balaban J connectivity index is 1.31. The fourth-order valence-corrected chi connectivity index (χ4v) is 5.14. The van der Waals surface area contributed by atoms with E-state index in [4.69, 9.17) is 33.3 Å². The van der Waals surface area contributed by atoms with E-state index in [1.165, 1.54) is 7.11 Å². The van der Waals surface area contributed by atoms with Gasteiger partial charge in [-0.05, 0) is 49.0 Å². The minimum atomic E-state index is -0.0312. The maximum Gasteiger partial charge on any atom is 0.254 e. The van der Waals surface area contributed by atoms with Gasteiger partial charge in [0.15, 0.2) is 5.11 Å². The van der Waals surface area contributed by atoms with E-state index in [0.717, 1.165) is 61.9 Å². The molecule has 3 heterocycles. The highest BCUT2D eigenvalue weighted by Crippen LogP contribution is 2.40. The number of likely N-dealkylation sites (tertiary alicyclic amines) is 2. The first-order chi connectivity index (χ1) is 15.9. The van der Waals surface area contributed by atoms with E-state index in [0.29, 0.717) is 18.0 Å². The lowest BCUT2D eigenvalue weighted by molar-refractivity contribution is 0.0598. The first kappa shape index (κ1) is 23.6. The summed E-state index contributed by atoms with van der Waals surface area (Å²) < 4.78 is 10.6. The summed E-state index contributed by atoms with van der Waals surface area (Å²) >= 11 is 11.7. The summed E-state index contributed by atoms with van der Waals surface area (Å²) in [5, 5.41) is 4.41. The first-order valence-electron chi connectivity index (χ1n) is 11.1. The van der Waals surface area contributed by atoms with Crippen LogP contribution in [0.15, 0.2) is 36.4 Å². The molecule has 0 radical (unpaired) electrons. The first-order valence-corrected chi connectivity index (χ1v) is 11.9. The van der Waals surface area contributed by atoms with Gasteiger partial charge < -0.3 is 24.6 Å². The van der Waals surface area contributed by atoms with Crippen molar-refractivity contribution < 1.29 is 14.3 Å². The van der Waals surface area contributed by atoms with Gasteiger partial charge in [0.2, 0.25) is 5.88 Å². The number of rotatable bonds is 5. The third-order valence-corrected chi connectivity index (χ3v) is 7.28. The number of pyridine rings is 1. The van der Waals surface area contributed by atoms with Crippen LogP contribution < -0.4 is 14.8 Å². The van der Waals surface area contributed by atoms with E-state index in [9.17, 15) is 4.79 Å². The largest absolute Gasteiger partial charge is 0.496 e. The topological polar surface area (TPSA) is 66.9 Å². The molecular formula is C24H29ClN4O3S. The van der Waals surface area contributed by atoms with Gasteiger partial charge in [0, 0.05) is 49.9 Å². The van der Waals surface area contributed by atoms with Crippen molar-refractivity contribution in [3.8, 4) is 11.6 Å². The van der Waals surface area contributed by atoms with Gasteiger partial charge in [-0.1, -0.05) is 29.8 Å². The van der Waals surface area contributed by atoms with Gasteiger partial charge in [-0.2, -0.15) is 0 Å². The molecule has 1 N–H and O–H groups in total. The van der Waals surface area contributed by atoms with E-state index in [1.807, 2.05) is 29.2 Å². The van der Waals surface area contributed by atoms with Crippen LogP contribution in [-0.4, -0.2) is 66.2 Å². The van der Waals surface area contributed by atoms with E-state index in [1.54, 1.807) is 19.2 Å². The number of amides is 1. The second kappa shape index (κ2) is 10.1. The van der Waals surface area contributed by atoms with Crippen LogP contribution in [0.1, 0.15) is 35.2 Å². The summed E-state index contributed by atoms with van der Waals surface area (Å²) in [6.07, 6.45) is 3.00. The Labute approximate surface area is 205 Å². The van der Waals surface area contributed by atoms with E-state index in [2.05, 4.69) is 15.2 Å². The van der Waals surface area contributed by atoms with Crippen molar-refractivity contribution in [3.05, 3.63) is 52.7 Å². The zero-order valence-corrected chi connectivity index (χ0v) is 20.5. The molecule has 0 bridgehead atoms. The van der Waals surface area contributed by atoms with Crippen molar-refractivity contribution in [2.24, 2.45) is 5.41 Å². The Bertz CT molecular complexity index is 1030. The number of benzene rings is 1. The maximum absolute atomic E-state index is 13.0. The number of para-hydroxylation sites is 1. The number of methoxy groups -OCH3 is 2. The van der Waals surface area contributed by atoms with Crippen LogP contribution in [0, 0.1) is 5.41 Å². The third kappa shape index (κ3) is 5.33. The average molecular weight is 489 g/mol. The molecule has 2 aliphatic heterocycles. The number of aromatic nitrogens is 1. The third-order valence-electron chi connectivity index (χ3n) is 6.69. The van der Waals surface area contributed by atoms with E-state index >= 15 is 0 Å². The number of thiocarbonyl (C=S) groups is 1. The normalized spacial score (nSPS) is 17.2. The number of ether oxygens (including phenoxy) is 2. The fourth-order valence-electron chi connectivity index (χ4n) is 4.72. The van der Waals surface area contributed by atoms with Crippen LogP contribution in [0.4, 0.5) is 0 Å². The summed E-state index contributed by atoms with van der Waals surface area (Å²) in [7, 11) is 3.19. The Hall–Kier alpha value is -2.58. The molecule has 1 spiro atoms. The molecule has 0 unspecified atom stereocenters. The highest BCUT2D eigenvalue weighted by molar-refractivity contribution is 7.80. The van der Waals surface area contributed by atoms with Crippen molar-refractivity contribution in [3.63, 3.8) is 0 Å². The second-order valence-corrected chi connectivity index (χ2v) is 9.43. The summed E-state index contributed by atoms with van der Waals surface area (Å²) in [4.78, 5) is 21.2. The minimum Gasteiger partial charge on any atom is -0.496 e. The number of halogens is 1. The maximum atomic E-state index is 13.0. The molecule has 1 aromatic heterocycles. The molecule has 176 valence electrons. The summed E-state index contributed by atoms with van der Waals surface area (Å²) in [5.74, 6) is 1.17. The Morgan fingerprint density at radius 3 is 2.52 bits per heavy atom. The van der Waals surface area contributed by atoms with Crippen LogP contribution in [-0.2, 0) is 6.54 Å². The van der Waals surface area contributed by atoms with Gasteiger partial charge in [-0.15, -0.1) is 0 Å². The lowest BCUT2D eigenvalue weighted by Gasteiger charge is -2.39. The number of carbonyl (C=O) groups is 1. The van der Waals surface area contributed by atoms with Crippen molar-refractivity contribution >= 4 is 34.8 Å². The smallest absolute Gasteiger partial charge is 0.254 e. The molecule has 0 aliphatic carbocycles. The van der Waals surface area contributed by atoms with Crippen LogP contribution in [0.3, 0.4) is 0 Å². The molecule has 1 aromatic carbocycles. The SMILES string of the molecule is COc1cc(C(=O)N2CCC3(CC2)CCN(C(=S)NCc2ccccc2OC)C3)cc(Cl)n1. The number of piperidine rings is 1. The number of hydrogen-bond donors (Lipinski definition) is 1. The molecule has 2 fully saturated rings. The quantitative estimate of drug-likeness (QED) is 0.507. The van der Waals surface area contributed by atoms with Crippen molar-refractivity contribution in [2.75, 3.05) is 40.4 Å². The molecule has 33 heavy (non-hydrogen) atoms. The number of nitrogens with one attached hydrogen (secondary N) is 1. The molecule has 4 rings (SSSR count). The molecule has 2 aromatic rings. The lowest BCUT2D eigenvalue weighted by Crippen LogP contribution is -2.45. The molecule has 0 atom stereocenters. The fraction of sp³-hybridized carbons (Fsp3) is 0.458. The van der Waals surface area contributed by atoms with Gasteiger partial charge in [0.05, 0.1) is 14.2 Å². The molecule has 0 saturated carbocycles. The molecule has 1 amide bonds.